The summed E-state index contributed by atoms with van der Waals surface area (Å²) < 4.78 is 0. The summed E-state index contributed by atoms with van der Waals surface area (Å²) in [7, 11) is 0. The summed E-state index contributed by atoms with van der Waals surface area (Å²) >= 11 is 0. The van der Waals surface area contributed by atoms with Gasteiger partial charge in [-0.2, -0.15) is 4.98 Å². The summed E-state index contributed by atoms with van der Waals surface area (Å²) in [6, 6.07) is 10.3. The second-order valence-corrected chi connectivity index (χ2v) is 5.58. The fraction of sp³-hybridized carbons (Fsp3) is 0.333. The van der Waals surface area contributed by atoms with Crippen LogP contribution in [-0.4, -0.2) is 28.0 Å². The van der Waals surface area contributed by atoms with Crippen LogP contribution in [-0.2, 0) is 6.42 Å². The maximum atomic E-state index is 4.48. The van der Waals surface area contributed by atoms with Gasteiger partial charge in [0.25, 0.3) is 0 Å². The first kappa shape index (κ1) is 15.3. The maximum absolute atomic E-state index is 4.48. The van der Waals surface area contributed by atoms with E-state index in [0.29, 0.717) is 5.95 Å². The lowest BCUT2D eigenvalue weighted by molar-refractivity contribution is 0.826. The molecule has 0 aliphatic rings. The van der Waals surface area contributed by atoms with E-state index in [1.54, 1.807) is 6.20 Å². The minimum atomic E-state index is 0.690. The molecule has 0 radical (unpaired) electrons. The Balaban J connectivity index is 1.55. The summed E-state index contributed by atoms with van der Waals surface area (Å²) in [5, 5.41) is 7.91. The van der Waals surface area contributed by atoms with Gasteiger partial charge < -0.3 is 15.6 Å². The van der Waals surface area contributed by atoms with Gasteiger partial charge in [-0.25, -0.2) is 4.98 Å². The molecule has 0 unspecified atom stereocenters. The van der Waals surface area contributed by atoms with Gasteiger partial charge in [0.2, 0.25) is 5.95 Å². The number of benzene rings is 1. The molecule has 23 heavy (non-hydrogen) atoms. The lowest BCUT2D eigenvalue weighted by Gasteiger charge is -2.08. The molecule has 5 nitrogen and oxygen atoms in total. The Morgan fingerprint density at radius 3 is 2.91 bits per heavy atom. The number of nitrogens with one attached hydrogen (secondary N) is 3. The number of H-pyrrole nitrogens is 1. The van der Waals surface area contributed by atoms with Gasteiger partial charge in [0.1, 0.15) is 5.82 Å². The van der Waals surface area contributed by atoms with Crippen molar-refractivity contribution in [1.82, 2.24) is 15.0 Å². The normalized spacial score (nSPS) is 10.8. The highest BCUT2D eigenvalue weighted by atomic mass is 15.1. The van der Waals surface area contributed by atoms with Crippen LogP contribution in [0, 0.1) is 0 Å². The summed E-state index contributed by atoms with van der Waals surface area (Å²) in [5.74, 6) is 1.55. The van der Waals surface area contributed by atoms with Crippen molar-refractivity contribution in [2.24, 2.45) is 0 Å². The number of rotatable bonds is 8. The van der Waals surface area contributed by atoms with Crippen LogP contribution >= 0.6 is 0 Å². The lowest BCUT2D eigenvalue weighted by atomic mass is 10.1. The molecule has 0 aliphatic carbocycles. The fourth-order valence-corrected chi connectivity index (χ4v) is 2.58. The second-order valence-electron chi connectivity index (χ2n) is 5.58. The van der Waals surface area contributed by atoms with E-state index in [1.807, 2.05) is 6.07 Å². The third kappa shape index (κ3) is 4.00. The van der Waals surface area contributed by atoms with Crippen molar-refractivity contribution in [1.29, 1.82) is 0 Å². The molecule has 0 saturated carbocycles. The van der Waals surface area contributed by atoms with Gasteiger partial charge in [-0.1, -0.05) is 31.5 Å². The van der Waals surface area contributed by atoms with Crippen LogP contribution < -0.4 is 10.6 Å². The van der Waals surface area contributed by atoms with E-state index in [2.05, 4.69) is 63.0 Å². The molecule has 0 amide bonds. The van der Waals surface area contributed by atoms with Crippen molar-refractivity contribution >= 4 is 22.7 Å². The number of unbranched alkanes of at least 4 members (excludes halogenated alkanes) is 1. The maximum Gasteiger partial charge on any atom is 0.224 e. The number of hydrogen-bond donors (Lipinski definition) is 3. The van der Waals surface area contributed by atoms with Crippen molar-refractivity contribution in [3.8, 4) is 0 Å². The predicted octanol–water partition coefficient (Wildman–Crippen LogP) is 3.82. The van der Waals surface area contributed by atoms with E-state index in [1.165, 1.54) is 16.5 Å². The van der Waals surface area contributed by atoms with Crippen LogP contribution in [0.15, 0.2) is 42.7 Å². The molecule has 3 rings (SSSR count). The molecule has 3 aromatic rings. The molecule has 2 aromatic heterocycles. The Morgan fingerprint density at radius 2 is 2.00 bits per heavy atom. The first-order chi connectivity index (χ1) is 11.4. The molecule has 0 fully saturated rings. The van der Waals surface area contributed by atoms with E-state index >= 15 is 0 Å². The highest BCUT2D eigenvalue weighted by Gasteiger charge is 2.03. The van der Waals surface area contributed by atoms with E-state index in [9.17, 15) is 0 Å². The SMILES string of the molecule is CCCCNc1nccc(NCCc2c[nH]c3ccccc23)n1. The molecule has 120 valence electrons. The molecular formula is C18H23N5. The van der Waals surface area contributed by atoms with Gasteiger partial charge >= 0.3 is 0 Å². The zero-order valence-electron chi connectivity index (χ0n) is 13.5. The molecule has 0 aliphatic heterocycles. The molecule has 5 heteroatoms. The number of hydrogen-bond acceptors (Lipinski definition) is 4. The van der Waals surface area contributed by atoms with Gasteiger partial charge in [-0.05, 0) is 30.5 Å². The smallest absolute Gasteiger partial charge is 0.224 e. The van der Waals surface area contributed by atoms with Crippen LogP contribution in [0.5, 0.6) is 0 Å². The Morgan fingerprint density at radius 1 is 1.09 bits per heavy atom. The van der Waals surface area contributed by atoms with Crippen LogP contribution in [0.25, 0.3) is 10.9 Å². The van der Waals surface area contributed by atoms with Crippen LogP contribution in [0.4, 0.5) is 11.8 Å². The van der Waals surface area contributed by atoms with Gasteiger partial charge in [0.15, 0.2) is 0 Å². The van der Waals surface area contributed by atoms with E-state index < -0.39 is 0 Å². The average Bonchev–Trinajstić information content (AvgIpc) is 2.99. The number of aromatic nitrogens is 3. The molecule has 2 heterocycles. The number of anilines is 2. The standard InChI is InChI=1S/C18H23N5/c1-2-3-10-20-18-21-12-9-17(23-18)19-11-8-14-13-22-16-7-5-4-6-15(14)16/h4-7,9,12-13,22H,2-3,8,10-11H2,1H3,(H2,19,20,21,23). The Hall–Kier alpha value is -2.56. The average molecular weight is 309 g/mol. The quantitative estimate of drug-likeness (QED) is 0.553. The van der Waals surface area contributed by atoms with Crippen LogP contribution in [0.3, 0.4) is 0 Å². The highest BCUT2D eigenvalue weighted by molar-refractivity contribution is 5.83. The highest BCUT2D eigenvalue weighted by Crippen LogP contribution is 2.18. The Labute approximate surface area is 136 Å². The lowest BCUT2D eigenvalue weighted by Crippen LogP contribution is -2.09. The molecule has 0 bridgehead atoms. The van der Waals surface area contributed by atoms with Crippen LogP contribution in [0.2, 0.25) is 0 Å². The molecular weight excluding hydrogens is 286 g/mol. The minimum absolute atomic E-state index is 0.690. The first-order valence-corrected chi connectivity index (χ1v) is 8.22. The van der Waals surface area contributed by atoms with Crippen molar-refractivity contribution < 1.29 is 0 Å². The predicted molar refractivity (Wildman–Crippen MR) is 95.9 cm³/mol. The Bertz CT molecular complexity index is 750. The minimum Gasteiger partial charge on any atom is -0.370 e. The third-order valence-corrected chi connectivity index (χ3v) is 3.84. The number of para-hydroxylation sites is 1. The Kier molecular flexibility index (Phi) is 5.09. The zero-order valence-corrected chi connectivity index (χ0v) is 13.5. The monoisotopic (exact) mass is 309 g/mol. The number of nitrogens with zero attached hydrogens (tertiary/aromatic N) is 2. The van der Waals surface area contributed by atoms with Crippen molar-refractivity contribution in [3.05, 3.63) is 48.3 Å². The fourth-order valence-electron chi connectivity index (χ4n) is 2.58. The van der Waals surface area contributed by atoms with Gasteiger partial charge in [-0.3, -0.25) is 0 Å². The largest absolute Gasteiger partial charge is 0.370 e. The second kappa shape index (κ2) is 7.63. The van der Waals surface area contributed by atoms with E-state index in [0.717, 1.165) is 38.2 Å². The molecule has 3 N–H and O–H groups in total. The number of aromatic amines is 1. The summed E-state index contributed by atoms with van der Waals surface area (Å²) in [6.07, 6.45) is 7.11. The van der Waals surface area contributed by atoms with Crippen molar-refractivity contribution in [2.75, 3.05) is 23.7 Å². The summed E-state index contributed by atoms with van der Waals surface area (Å²) in [4.78, 5) is 12.0. The van der Waals surface area contributed by atoms with Crippen molar-refractivity contribution in [2.45, 2.75) is 26.2 Å². The van der Waals surface area contributed by atoms with Crippen molar-refractivity contribution in [3.63, 3.8) is 0 Å². The summed E-state index contributed by atoms with van der Waals surface area (Å²) in [6.45, 7) is 3.92. The topological polar surface area (TPSA) is 65.6 Å². The van der Waals surface area contributed by atoms with Gasteiger partial charge in [0, 0.05) is 36.4 Å². The molecule has 1 aromatic carbocycles. The van der Waals surface area contributed by atoms with Gasteiger partial charge in [-0.15, -0.1) is 0 Å². The number of fused-ring (bicyclic) bond motifs is 1. The molecule has 0 spiro atoms. The first-order valence-electron chi connectivity index (χ1n) is 8.22. The van der Waals surface area contributed by atoms with E-state index in [4.69, 9.17) is 0 Å². The molecule has 0 atom stereocenters. The third-order valence-electron chi connectivity index (χ3n) is 3.84. The summed E-state index contributed by atoms with van der Waals surface area (Å²) in [5.41, 5.74) is 2.51. The van der Waals surface area contributed by atoms with E-state index in [-0.39, 0.29) is 0 Å². The molecule has 0 saturated heterocycles. The van der Waals surface area contributed by atoms with Crippen LogP contribution in [0.1, 0.15) is 25.3 Å². The zero-order chi connectivity index (χ0) is 15.9. The van der Waals surface area contributed by atoms with Gasteiger partial charge in [0.05, 0.1) is 0 Å².